The molecule has 3 rings (SSSR count). The van der Waals surface area contributed by atoms with Crippen LogP contribution in [0.25, 0.3) is 0 Å². The molecular formula is C22H23N3O2. The maximum atomic E-state index is 12.8. The molecular weight excluding hydrogens is 338 g/mol. The topological polar surface area (TPSA) is 64.0 Å². The van der Waals surface area contributed by atoms with E-state index in [0.29, 0.717) is 16.8 Å². The molecule has 1 aromatic heterocycles. The van der Waals surface area contributed by atoms with Gasteiger partial charge < -0.3 is 5.32 Å². The van der Waals surface area contributed by atoms with Gasteiger partial charge in [-0.15, -0.1) is 0 Å². The van der Waals surface area contributed by atoms with E-state index in [1.54, 1.807) is 36.4 Å². The first-order chi connectivity index (χ1) is 13.0. The Bertz CT molecular complexity index is 957. The molecule has 27 heavy (non-hydrogen) atoms. The number of benzene rings is 2. The van der Waals surface area contributed by atoms with E-state index in [2.05, 4.69) is 17.3 Å². The van der Waals surface area contributed by atoms with Gasteiger partial charge in [-0.1, -0.05) is 31.5 Å². The average molecular weight is 361 g/mol. The fourth-order valence-corrected chi connectivity index (χ4v) is 3.10. The Balaban J connectivity index is 1.76. The molecule has 0 aliphatic carbocycles. The molecule has 5 nitrogen and oxygen atoms in total. The minimum Gasteiger partial charge on any atom is -0.322 e. The molecule has 1 amide bonds. The van der Waals surface area contributed by atoms with Crippen LogP contribution in [0.15, 0.2) is 54.6 Å². The molecule has 0 unspecified atom stereocenters. The van der Waals surface area contributed by atoms with Gasteiger partial charge in [0.25, 0.3) is 11.8 Å². The lowest BCUT2D eigenvalue weighted by Gasteiger charge is -2.07. The van der Waals surface area contributed by atoms with Crippen LogP contribution in [-0.4, -0.2) is 21.6 Å². The minimum atomic E-state index is -0.183. The van der Waals surface area contributed by atoms with Gasteiger partial charge in [-0.3, -0.25) is 9.59 Å². The molecule has 0 aliphatic heterocycles. The fourth-order valence-electron chi connectivity index (χ4n) is 3.10. The summed E-state index contributed by atoms with van der Waals surface area (Å²) in [5.74, 6) is -0.351. The summed E-state index contributed by atoms with van der Waals surface area (Å²) in [4.78, 5) is 25.0. The second-order valence-corrected chi connectivity index (χ2v) is 6.51. The Kier molecular flexibility index (Phi) is 5.50. The Labute approximate surface area is 159 Å². The molecule has 0 fully saturated rings. The zero-order chi connectivity index (χ0) is 19.4. The van der Waals surface area contributed by atoms with Gasteiger partial charge in [-0.2, -0.15) is 5.10 Å². The predicted molar refractivity (Wildman–Crippen MR) is 106 cm³/mol. The third-order valence-electron chi connectivity index (χ3n) is 4.56. The summed E-state index contributed by atoms with van der Waals surface area (Å²) in [5.41, 5.74) is 4.68. The van der Waals surface area contributed by atoms with Crippen LogP contribution in [-0.2, 0) is 6.42 Å². The average Bonchev–Trinajstić information content (AvgIpc) is 2.97. The summed E-state index contributed by atoms with van der Waals surface area (Å²) >= 11 is 0. The van der Waals surface area contributed by atoms with E-state index in [-0.39, 0.29) is 11.8 Å². The summed E-state index contributed by atoms with van der Waals surface area (Å²) in [6.45, 7) is 5.97. The first kappa shape index (κ1) is 18.6. The highest BCUT2D eigenvalue weighted by molar-refractivity contribution is 6.04. The number of nitrogens with one attached hydrogen (secondary N) is 1. The maximum Gasteiger partial charge on any atom is 0.278 e. The highest BCUT2D eigenvalue weighted by Gasteiger charge is 2.17. The van der Waals surface area contributed by atoms with Crippen molar-refractivity contribution < 1.29 is 9.59 Å². The summed E-state index contributed by atoms with van der Waals surface area (Å²) in [6.07, 6.45) is 1.92. The number of hydrogen-bond donors (Lipinski definition) is 1. The SMILES string of the molecule is CCCc1c(C)nn(C(=O)c2ccc(NC(=O)c3ccccc3)cc2)c1C. The maximum absolute atomic E-state index is 12.8. The van der Waals surface area contributed by atoms with Crippen molar-refractivity contribution in [3.05, 3.63) is 82.7 Å². The lowest BCUT2D eigenvalue weighted by atomic mass is 10.1. The minimum absolute atomic E-state index is 0.168. The zero-order valence-corrected chi connectivity index (χ0v) is 15.8. The van der Waals surface area contributed by atoms with E-state index in [4.69, 9.17) is 0 Å². The van der Waals surface area contributed by atoms with Crippen molar-refractivity contribution in [3.8, 4) is 0 Å². The zero-order valence-electron chi connectivity index (χ0n) is 15.8. The van der Waals surface area contributed by atoms with Crippen molar-refractivity contribution in [3.63, 3.8) is 0 Å². The van der Waals surface area contributed by atoms with Crippen molar-refractivity contribution >= 4 is 17.5 Å². The third-order valence-corrected chi connectivity index (χ3v) is 4.56. The van der Waals surface area contributed by atoms with Crippen LogP contribution in [0.2, 0.25) is 0 Å². The van der Waals surface area contributed by atoms with Crippen molar-refractivity contribution in [1.29, 1.82) is 0 Å². The van der Waals surface area contributed by atoms with Gasteiger partial charge in [0, 0.05) is 22.5 Å². The summed E-state index contributed by atoms with van der Waals surface area (Å²) in [6, 6.07) is 15.9. The van der Waals surface area contributed by atoms with E-state index < -0.39 is 0 Å². The van der Waals surface area contributed by atoms with Crippen molar-refractivity contribution in [2.24, 2.45) is 0 Å². The van der Waals surface area contributed by atoms with Gasteiger partial charge in [0.05, 0.1) is 5.69 Å². The van der Waals surface area contributed by atoms with Crippen LogP contribution >= 0.6 is 0 Å². The standard InChI is InChI=1S/C22H23N3O2/c1-4-8-20-15(2)24-25(16(20)3)22(27)18-11-13-19(14-12-18)23-21(26)17-9-6-5-7-10-17/h5-7,9-14H,4,8H2,1-3H3,(H,23,26). The molecule has 138 valence electrons. The van der Waals surface area contributed by atoms with Crippen molar-refractivity contribution in [2.75, 3.05) is 5.32 Å². The van der Waals surface area contributed by atoms with E-state index in [1.807, 2.05) is 32.0 Å². The lowest BCUT2D eigenvalue weighted by Crippen LogP contribution is -2.16. The Hall–Kier alpha value is -3.21. The van der Waals surface area contributed by atoms with Crippen LogP contribution < -0.4 is 5.32 Å². The molecule has 0 spiro atoms. The number of carbonyl (C=O) groups is 2. The summed E-state index contributed by atoms with van der Waals surface area (Å²) in [5, 5.41) is 7.25. The second kappa shape index (κ2) is 7.99. The van der Waals surface area contributed by atoms with Crippen LogP contribution in [0.4, 0.5) is 5.69 Å². The van der Waals surface area contributed by atoms with E-state index in [1.165, 1.54) is 4.68 Å². The fraction of sp³-hybridized carbons (Fsp3) is 0.227. The third kappa shape index (κ3) is 3.97. The lowest BCUT2D eigenvalue weighted by molar-refractivity contribution is 0.0941. The van der Waals surface area contributed by atoms with Gasteiger partial charge >= 0.3 is 0 Å². The van der Waals surface area contributed by atoms with Gasteiger partial charge in [-0.05, 0) is 62.2 Å². The number of amides is 1. The summed E-state index contributed by atoms with van der Waals surface area (Å²) in [7, 11) is 0. The van der Waals surface area contributed by atoms with Gasteiger partial charge in [0.2, 0.25) is 0 Å². The molecule has 0 saturated carbocycles. The smallest absolute Gasteiger partial charge is 0.278 e. The quantitative estimate of drug-likeness (QED) is 0.733. The molecule has 2 aromatic carbocycles. The summed E-state index contributed by atoms with van der Waals surface area (Å²) < 4.78 is 1.47. The molecule has 0 aliphatic rings. The van der Waals surface area contributed by atoms with Crippen LogP contribution in [0, 0.1) is 13.8 Å². The van der Waals surface area contributed by atoms with E-state index >= 15 is 0 Å². The van der Waals surface area contributed by atoms with Crippen LogP contribution in [0.5, 0.6) is 0 Å². The highest BCUT2D eigenvalue weighted by atomic mass is 16.2. The Morgan fingerprint density at radius 3 is 2.26 bits per heavy atom. The largest absolute Gasteiger partial charge is 0.322 e. The van der Waals surface area contributed by atoms with Crippen molar-refractivity contribution in [2.45, 2.75) is 33.6 Å². The van der Waals surface area contributed by atoms with E-state index in [9.17, 15) is 9.59 Å². The van der Waals surface area contributed by atoms with E-state index in [0.717, 1.165) is 29.8 Å². The van der Waals surface area contributed by atoms with Gasteiger partial charge in [0.1, 0.15) is 0 Å². The first-order valence-corrected chi connectivity index (χ1v) is 9.07. The molecule has 0 atom stereocenters. The Morgan fingerprint density at radius 1 is 0.963 bits per heavy atom. The number of anilines is 1. The number of nitrogens with zero attached hydrogens (tertiary/aromatic N) is 2. The van der Waals surface area contributed by atoms with Crippen molar-refractivity contribution in [1.82, 2.24) is 9.78 Å². The molecule has 1 heterocycles. The van der Waals surface area contributed by atoms with Gasteiger partial charge in [0.15, 0.2) is 0 Å². The van der Waals surface area contributed by atoms with Crippen LogP contribution in [0.1, 0.15) is 51.0 Å². The molecule has 1 N–H and O–H groups in total. The van der Waals surface area contributed by atoms with Gasteiger partial charge in [-0.25, -0.2) is 4.68 Å². The molecule has 0 saturated heterocycles. The number of carbonyl (C=O) groups excluding carboxylic acids is 2. The molecule has 0 radical (unpaired) electrons. The number of rotatable bonds is 5. The first-order valence-electron chi connectivity index (χ1n) is 9.07. The number of hydrogen-bond acceptors (Lipinski definition) is 3. The Morgan fingerprint density at radius 2 is 1.63 bits per heavy atom. The number of aromatic nitrogens is 2. The monoisotopic (exact) mass is 361 g/mol. The molecule has 3 aromatic rings. The predicted octanol–water partition coefficient (Wildman–Crippen LogP) is 4.39. The second-order valence-electron chi connectivity index (χ2n) is 6.51. The van der Waals surface area contributed by atoms with Crippen LogP contribution in [0.3, 0.4) is 0 Å². The molecule has 0 bridgehead atoms. The highest BCUT2D eigenvalue weighted by Crippen LogP contribution is 2.18. The number of aryl methyl sites for hydroxylation is 1. The molecule has 5 heteroatoms. The normalized spacial score (nSPS) is 10.6.